The van der Waals surface area contributed by atoms with E-state index in [2.05, 4.69) is 16.0 Å². The maximum atomic E-state index is 12.8. The van der Waals surface area contributed by atoms with E-state index in [-0.39, 0.29) is 16.6 Å². The standard InChI is InChI=1S/C18H17ClF3N3O2/c1-2-9-23-16(26)11-3-6-13(7-4-11)24-17(27)25-15-10-12(18(20,21)22)5-8-14(15)19/h3-8,10H,2,9H2,1H3,(H,23,26)(H2,24,25,27). The number of nitrogens with one attached hydrogen (secondary N) is 3. The zero-order chi connectivity index (χ0) is 20.0. The summed E-state index contributed by atoms with van der Waals surface area (Å²) < 4.78 is 38.3. The number of benzene rings is 2. The summed E-state index contributed by atoms with van der Waals surface area (Å²) in [5.41, 5.74) is -0.304. The van der Waals surface area contributed by atoms with E-state index in [9.17, 15) is 22.8 Å². The van der Waals surface area contributed by atoms with Crippen LogP contribution in [0.4, 0.5) is 29.3 Å². The third-order valence-corrected chi connectivity index (χ3v) is 3.81. The minimum Gasteiger partial charge on any atom is -0.352 e. The van der Waals surface area contributed by atoms with Gasteiger partial charge in [-0.25, -0.2) is 4.79 Å². The van der Waals surface area contributed by atoms with Crippen molar-refractivity contribution in [2.75, 3.05) is 17.2 Å². The Morgan fingerprint density at radius 2 is 1.70 bits per heavy atom. The number of anilines is 2. The van der Waals surface area contributed by atoms with E-state index in [1.807, 2.05) is 6.92 Å². The summed E-state index contributed by atoms with van der Waals surface area (Å²) in [6, 6.07) is 7.94. The molecule has 2 aromatic carbocycles. The molecule has 3 N–H and O–H groups in total. The molecule has 0 aliphatic heterocycles. The number of urea groups is 1. The number of hydrogen-bond acceptors (Lipinski definition) is 2. The van der Waals surface area contributed by atoms with Crippen molar-refractivity contribution in [2.24, 2.45) is 0 Å². The Kier molecular flexibility index (Phi) is 6.68. The molecule has 0 atom stereocenters. The quantitative estimate of drug-likeness (QED) is 0.651. The molecule has 0 spiro atoms. The van der Waals surface area contributed by atoms with Crippen molar-refractivity contribution >= 4 is 34.9 Å². The predicted octanol–water partition coefficient (Wildman–Crippen LogP) is 5.14. The van der Waals surface area contributed by atoms with Gasteiger partial charge >= 0.3 is 12.2 Å². The molecule has 0 radical (unpaired) electrons. The van der Waals surface area contributed by atoms with E-state index in [0.29, 0.717) is 17.8 Å². The molecule has 0 aliphatic rings. The van der Waals surface area contributed by atoms with Crippen LogP contribution in [0.15, 0.2) is 42.5 Å². The molecule has 0 fully saturated rings. The largest absolute Gasteiger partial charge is 0.416 e. The van der Waals surface area contributed by atoms with Crippen LogP contribution in [0.2, 0.25) is 5.02 Å². The monoisotopic (exact) mass is 399 g/mol. The van der Waals surface area contributed by atoms with Gasteiger partial charge in [-0.2, -0.15) is 13.2 Å². The Labute approximate surface area is 158 Å². The van der Waals surface area contributed by atoms with Gasteiger partial charge in [0, 0.05) is 17.8 Å². The number of carbonyl (C=O) groups is 2. The third-order valence-electron chi connectivity index (χ3n) is 3.48. The van der Waals surface area contributed by atoms with Gasteiger partial charge < -0.3 is 16.0 Å². The zero-order valence-electron chi connectivity index (χ0n) is 14.3. The summed E-state index contributed by atoms with van der Waals surface area (Å²) in [5, 5.41) is 7.43. The number of carbonyl (C=O) groups excluding carboxylic acids is 2. The molecule has 2 aromatic rings. The van der Waals surface area contributed by atoms with Gasteiger partial charge in [0.1, 0.15) is 0 Å². The van der Waals surface area contributed by atoms with Crippen molar-refractivity contribution in [3.63, 3.8) is 0 Å². The van der Waals surface area contributed by atoms with E-state index >= 15 is 0 Å². The molecule has 0 saturated carbocycles. The maximum absolute atomic E-state index is 12.8. The normalized spacial score (nSPS) is 11.0. The van der Waals surface area contributed by atoms with E-state index in [0.717, 1.165) is 24.6 Å². The van der Waals surface area contributed by atoms with Gasteiger partial charge in [-0.15, -0.1) is 0 Å². The Morgan fingerprint density at radius 1 is 1.04 bits per heavy atom. The van der Waals surface area contributed by atoms with Crippen LogP contribution in [0.5, 0.6) is 0 Å². The summed E-state index contributed by atoms with van der Waals surface area (Å²) in [4.78, 5) is 23.8. The first-order valence-corrected chi connectivity index (χ1v) is 8.41. The minimum atomic E-state index is -4.55. The molecule has 3 amide bonds. The molecule has 0 unspecified atom stereocenters. The zero-order valence-corrected chi connectivity index (χ0v) is 15.0. The fourth-order valence-corrected chi connectivity index (χ4v) is 2.29. The smallest absolute Gasteiger partial charge is 0.352 e. The SMILES string of the molecule is CCCNC(=O)c1ccc(NC(=O)Nc2cc(C(F)(F)F)ccc2Cl)cc1. The van der Waals surface area contributed by atoms with E-state index < -0.39 is 17.8 Å². The number of amides is 3. The second-order valence-corrected chi connectivity index (χ2v) is 6.01. The lowest BCUT2D eigenvalue weighted by atomic mass is 10.2. The van der Waals surface area contributed by atoms with Crippen LogP contribution < -0.4 is 16.0 Å². The number of halogens is 4. The summed E-state index contributed by atoms with van der Waals surface area (Å²) in [6.45, 7) is 2.49. The first-order chi connectivity index (χ1) is 12.7. The molecule has 5 nitrogen and oxygen atoms in total. The van der Waals surface area contributed by atoms with Gasteiger partial charge in [0.2, 0.25) is 0 Å². The van der Waals surface area contributed by atoms with Crippen LogP contribution in [-0.2, 0) is 6.18 Å². The molecule has 0 aromatic heterocycles. The molecule has 0 aliphatic carbocycles. The highest BCUT2D eigenvalue weighted by Gasteiger charge is 2.31. The summed E-state index contributed by atoms with van der Waals surface area (Å²) >= 11 is 5.84. The molecule has 0 heterocycles. The Hall–Kier alpha value is -2.74. The van der Waals surface area contributed by atoms with Crippen molar-refractivity contribution in [3.05, 3.63) is 58.6 Å². The lowest BCUT2D eigenvalue weighted by molar-refractivity contribution is -0.137. The number of rotatable bonds is 5. The molecular formula is C18H17ClF3N3O2. The van der Waals surface area contributed by atoms with Crippen LogP contribution in [0.25, 0.3) is 0 Å². The molecule has 2 rings (SSSR count). The Balaban J connectivity index is 2.03. The average molecular weight is 400 g/mol. The van der Waals surface area contributed by atoms with Gasteiger partial charge in [-0.05, 0) is 48.9 Å². The Morgan fingerprint density at radius 3 is 2.30 bits per heavy atom. The minimum absolute atomic E-state index is 0.0268. The summed E-state index contributed by atoms with van der Waals surface area (Å²) in [6.07, 6.45) is -3.74. The second-order valence-electron chi connectivity index (χ2n) is 5.60. The van der Waals surface area contributed by atoms with Crippen LogP contribution in [0, 0.1) is 0 Å². The van der Waals surface area contributed by atoms with Crippen molar-refractivity contribution < 1.29 is 22.8 Å². The maximum Gasteiger partial charge on any atom is 0.416 e. The second kappa shape index (κ2) is 8.77. The average Bonchev–Trinajstić information content (AvgIpc) is 2.61. The van der Waals surface area contributed by atoms with Crippen LogP contribution in [0.3, 0.4) is 0 Å². The van der Waals surface area contributed by atoms with Crippen LogP contribution >= 0.6 is 11.6 Å². The molecule has 0 saturated heterocycles. The highest BCUT2D eigenvalue weighted by atomic mass is 35.5. The molecule has 9 heteroatoms. The topological polar surface area (TPSA) is 70.2 Å². The highest BCUT2D eigenvalue weighted by Crippen LogP contribution is 2.33. The third kappa shape index (κ3) is 5.89. The van der Waals surface area contributed by atoms with Crippen molar-refractivity contribution in [3.8, 4) is 0 Å². The van der Waals surface area contributed by atoms with Crippen LogP contribution in [0.1, 0.15) is 29.3 Å². The Bertz CT molecular complexity index is 824. The summed E-state index contributed by atoms with van der Waals surface area (Å²) in [7, 11) is 0. The first-order valence-electron chi connectivity index (χ1n) is 8.03. The first kappa shape index (κ1) is 20.6. The van der Waals surface area contributed by atoms with Gasteiger partial charge in [-0.3, -0.25) is 4.79 Å². The molecule has 0 bridgehead atoms. The van der Waals surface area contributed by atoms with Crippen molar-refractivity contribution in [1.29, 1.82) is 0 Å². The lowest BCUT2D eigenvalue weighted by Crippen LogP contribution is -2.24. The van der Waals surface area contributed by atoms with Crippen molar-refractivity contribution in [2.45, 2.75) is 19.5 Å². The highest BCUT2D eigenvalue weighted by molar-refractivity contribution is 6.33. The molecule has 144 valence electrons. The van der Waals surface area contributed by atoms with Gasteiger partial charge in [-0.1, -0.05) is 18.5 Å². The summed E-state index contributed by atoms with van der Waals surface area (Å²) in [5.74, 6) is -0.233. The van der Waals surface area contributed by atoms with Gasteiger partial charge in [0.15, 0.2) is 0 Å². The van der Waals surface area contributed by atoms with Gasteiger partial charge in [0.25, 0.3) is 5.91 Å². The molecule has 27 heavy (non-hydrogen) atoms. The van der Waals surface area contributed by atoms with Crippen LogP contribution in [-0.4, -0.2) is 18.5 Å². The fourth-order valence-electron chi connectivity index (χ4n) is 2.13. The van der Waals surface area contributed by atoms with Gasteiger partial charge in [0.05, 0.1) is 16.3 Å². The fraction of sp³-hybridized carbons (Fsp3) is 0.222. The van der Waals surface area contributed by atoms with E-state index in [1.54, 1.807) is 0 Å². The van der Waals surface area contributed by atoms with E-state index in [4.69, 9.17) is 11.6 Å². The number of alkyl halides is 3. The lowest BCUT2D eigenvalue weighted by Gasteiger charge is -2.12. The van der Waals surface area contributed by atoms with E-state index in [1.165, 1.54) is 24.3 Å². The van der Waals surface area contributed by atoms with Crippen molar-refractivity contribution in [1.82, 2.24) is 5.32 Å². The predicted molar refractivity (Wildman–Crippen MR) is 98.2 cm³/mol. The number of hydrogen-bond donors (Lipinski definition) is 3. The molecular weight excluding hydrogens is 383 g/mol.